The van der Waals surface area contributed by atoms with Crippen LogP contribution in [0.3, 0.4) is 0 Å². The van der Waals surface area contributed by atoms with Crippen LogP contribution in [0.5, 0.6) is 0 Å². The van der Waals surface area contributed by atoms with Gasteiger partial charge in [-0.25, -0.2) is 4.79 Å². The highest BCUT2D eigenvalue weighted by atomic mass is 19.4. The Labute approximate surface area is 112 Å². The number of hydrogen-bond donors (Lipinski definition) is 3. The molecule has 0 amide bonds. The number of alkyl halides is 3. The first-order valence-electron chi connectivity index (χ1n) is 5.45. The van der Waals surface area contributed by atoms with Gasteiger partial charge in [0.2, 0.25) is 0 Å². The molecule has 0 heterocycles. The highest BCUT2D eigenvalue weighted by Crippen LogP contribution is 2.33. The molecule has 20 heavy (non-hydrogen) atoms. The van der Waals surface area contributed by atoms with Crippen molar-refractivity contribution in [2.75, 3.05) is 5.32 Å². The van der Waals surface area contributed by atoms with E-state index in [1.165, 1.54) is 13.0 Å². The molecular weight excluding hydrogens is 277 g/mol. The molecule has 0 spiro atoms. The van der Waals surface area contributed by atoms with Gasteiger partial charge >= 0.3 is 12.1 Å². The number of aliphatic hydroxyl groups excluding tert-OH is 1. The fourth-order valence-corrected chi connectivity index (χ4v) is 1.53. The third kappa shape index (κ3) is 3.61. The molecule has 0 saturated carbocycles. The summed E-state index contributed by atoms with van der Waals surface area (Å²) in [6, 6.07) is 2.68. The first-order chi connectivity index (χ1) is 9.16. The van der Waals surface area contributed by atoms with Crippen molar-refractivity contribution >= 4 is 11.7 Å². The van der Waals surface area contributed by atoms with E-state index < -0.39 is 35.4 Å². The smallest absolute Gasteiger partial charge is 0.417 e. The number of aliphatic carboxylic acids is 1. The van der Waals surface area contributed by atoms with Gasteiger partial charge in [0.05, 0.1) is 23.3 Å². The molecule has 0 radical (unpaired) electrons. The number of nitriles is 1. The van der Waals surface area contributed by atoms with Gasteiger partial charge in [-0.2, -0.15) is 18.4 Å². The minimum atomic E-state index is -4.73. The highest BCUT2D eigenvalue weighted by molar-refractivity contribution is 5.78. The molecule has 3 N–H and O–H groups in total. The van der Waals surface area contributed by atoms with Gasteiger partial charge in [-0.15, -0.1) is 0 Å². The van der Waals surface area contributed by atoms with Crippen molar-refractivity contribution in [1.82, 2.24) is 0 Å². The van der Waals surface area contributed by atoms with Gasteiger partial charge in [0.15, 0.2) is 6.04 Å². The second-order valence-corrected chi connectivity index (χ2v) is 4.07. The van der Waals surface area contributed by atoms with E-state index in [0.717, 1.165) is 12.1 Å². The Balaban J connectivity index is 3.16. The number of hydrogen-bond acceptors (Lipinski definition) is 4. The summed E-state index contributed by atoms with van der Waals surface area (Å²) in [6.45, 7) is 1.19. The van der Waals surface area contributed by atoms with E-state index in [1.54, 1.807) is 0 Å². The summed E-state index contributed by atoms with van der Waals surface area (Å²) in [7, 11) is 0. The average Bonchev–Trinajstić information content (AvgIpc) is 2.33. The van der Waals surface area contributed by atoms with Gasteiger partial charge < -0.3 is 15.5 Å². The van der Waals surface area contributed by atoms with Gasteiger partial charge in [0.25, 0.3) is 0 Å². The molecule has 0 aromatic heterocycles. The van der Waals surface area contributed by atoms with Crippen molar-refractivity contribution < 1.29 is 28.2 Å². The van der Waals surface area contributed by atoms with Crippen molar-refractivity contribution in [2.24, 2.45) is 0 Å². The standard InChI is InChI=1S/C12H11F3N2O3/c1-6(18)10(11(19)20)17-8-3-2-7(5-16)9(4-8)12(13,14)15/h2-4,6,10,17-18H,1H3,(H,19,20)/t6-,10+/m0/s1. The maximum atomic E-state index is 12.7. The summed E-state index contributed by atoms with van der Waals surface area (Å²) in [5.74, 6) is -1.40. The Bertz CT molecular complexity index is 550. The van der Waals surface area contributed by atoms with Crippen LogP contribution in [0.25, 0.3) is 0 Å². The largest absolute Gasteiger partial charge is 0.480 e. The normalized spacial score (nSPS) is 14.2. The van der Waals surface area contributed by atoms with Crippen LogP contribution in [0.15, 0.2) is 18.2 Å². The van der Waals surface area contributed by atoms with Gasteiger partial charge in [-0.05, 0) is 25.1 Å². The maximum absolute atomic E-state index is 12.7. The van der Waals surface area contributed by atoms with Crippen molar-refractivity contribution in [3.63, 3.8) is 0 Å². The molecule has 0 saturated heterocycles. The predicted octanol–water partition coefficient (Wildman–Crippen LogP) is 1.82. The molecular formula is C12H11F3N2O3. The average molecular weight is 288 g/mol. The second-order valence-electron chi connectivity index (χ2n) is 4.07. The molecule has 0 fully saturated rings. The molecule has 8 heteroatoms. The Morgan fingerprint density at radius 1 is 1.45 bits per heavy atom. The highest BCUT2D eigenvalue weighted by Gasteiger charge is 2.34. The van der Waals surface area contributed by atoms with Crippen LogP contribution >= 0.6 is 0 Å². The topological polar surface area (TPSA) is 93.4 Å². The SMILES string of the molecule is C[C@H](O)[C@@H](Nc1ccc(C#N)c(C(F)(F)F)c1)C(=O)O. The van der Waals surface area contributed by atoms with Crippen LogP contribution in [0.1, 0.15) is 18.1 Å². The van der Waals surface area contributed by atoms with E-state index in [-0.39, 0.29) is 5.69 Å². The number of carboxylic acid groups (broad SMARTS) is 1. The summed E-state index contributed by atoms with van der Waals surface area (Å²) in [4.78, 5) is 10.9. The van der Waals surface area contributed by atoms with Crippen molar-refractivity contribution in [3.8, 4) is 6.07 Å². The molecule has 5 nitrogen and oxygen atoms in total. The lowest BCUT2D eigenvalue weighted by Gasteiger charge is -2.19. The first-order valence-corrected chi connectivity index (χ1v) is 5.45. The number of carboxylic acids is 1. The third-order valence-electron chi connectivity index (χ3n) is 2.52. The number of aliphatic hydroxyl groups is 1. The fourth-order valence-electron chi connectivity index (χ4n) is 1.53. The monoisotopic (exact) mass is 288 g/mol. The minimum absolute atomic E-state index is 0.148. The van der Waals surface area contributed by atoms with Gasteiger partial charge in [0.1, 0.15) is 0 Å². The summed E-state index contributed by atoms with van der Waals surface area (Å²) < 4.78 is 38.2. The van der Waals surface area contributed by atoms with Crippen LogP contribution in [0.2, 0.25) is 0 Å². The Morgan fingerprint density at radius 2 is 2.05 bits per heavy atom. The number of rotatable bonds is 4. The first kappa shape index (κ1) is 15.8. The molecule has 0 aliphatic heterocycles. The summed E-state index contributed by atoms with van der Waals surface area (Å²) in [5.41, 5.74) is -1.88. The van der Waals surface area contributed by atoms with E-state index in [9.17, 15) is 23.1 Å². The zero-order valence-corrected chi connectivity index (χ0v) is 10.3. The molecule has 1 aromatic carbocycles. The van der Waals surface area contributed by atoms with Gasteiger partial charge in [-0.3, -0.25) is 0 Å². The second kappa shape index (κ2) is 5.79. The van der Waals surface area contributed by atoms with E-state index in [4.69, 9.17) is 10.4 Å². The van der Waals surface area contributed by atoms with Crippen LogP contribution in [-0.4, -0.2) is 28.3 Å². The van der Waals surface area contributed by atoms with Gasteiger partial charge in [-0.1, -0.05) is 0 Å². The number of nitrogens with one attached hydrogen (secondary N) is 1. The van der Waals surface area contributed by atoms with Crippen LogP contribution in [0.4, 0.5) is 18.9 Å². The third-order valence-corrected chi connectivity index (χ3v) is 2.52. The van der Waals surface area contributed by atoms with Crippen LogP contribution in [0, 0.1) is 11.3 Å². The Morgan fingerprint density at radius 3 is 2.45 bits per heavy atom. The molecule has 108 valence electrons. The number of anilines is 1. The molecule has 1 aromatic rings. The lowest BCUT2D eigenvalue weighted by molar-refractivity contribution is -0.140. The molecule has 0 aliphatic rings. The lowest BCUT2D eigenvalue weighted by atomic mass is 10.1. The maximum Gasteiger partial charge on any atom is 0.417 e. The number of nitrogens with zero attached hydrogens (tertiary/aromatic N) is 1. The van der Waals surface area contributed by atoms with Crippen LogP contribution < -0.4 is 5.32 Å². The van der Waals surface area contributed by atoms with Crippen molar-refractivity contribution in [3.05, 3.63) is 29.3 Å². The number of carbonyl (C=O) groups is 1. The zero-order chi connectivity index (χ0) is 15.5. The van der Waals surface area contributed by atoms with Crippen molar-refractivity contribution in [1.29, 1.82) is 5.26 Å². The summed E-state index contributed by atoms with van der Waals surface area (Å²) >= 11 is 0. The van der Waals surface area contributed by atoms with Crippen LogP contribution in [-0.2, 0) is 11.0 Å². The quantitative estimate of drug-likeness (QED) is 0.785. The van der Waals surface area contributed by atoms with E-state index >= 15 is 0 Å². The Kier molecular flexibility index (Phi) is 4.57. The predicted molar refractivity (Wildman–Crippen MR) is 62.9 cm³/mol. The van der Waals surface area contributed by atoms with E-state index in [2.05, 4.69) is 5.32 Å². The summed E-state index contributed by atoms with van der Waals surface area (Å²) in [6.07, 6.45) is -6.04. The molecule has 1 rings (SSSR count). The summed E-state index contributed by atoms with van der Waals surface area (Å²) in [5, 5.41) is 29.0. The van der Waals surface area contributed by atoms with Gasteiger partial charge in [0, 0.05) is 5.69 Å². The molecule has 0 unspecified atom stereocenters. The lowest BCUT2D eigenvalue weighted by Crippen LogP contribution is -2.39. The molecule has 0 aliphatic carbocycles. The fraction of sp³-hybridized carbons (Fsp3) is 0.333. The van der Waals surface area contributed by atoms with Crippen molar-refractivity contribution in [2.45, 2.75) is 25.2 Å². The van der Waals surface area contributed by atoms with E-state index in [1.807, 2.05) is 0 Å². The van der Waals surface area contributed by atoms with E-state index in [0.29, 0.717) is 6.07 Å². The number of benzene rings is 1. The number of halogens is 3. The minimum Gasteiger partial charge on any atom is -0.480 e. The Hall–Kier alpha value is -2.27. The molecule has 0 bridgehead atoms. The molecule has 2 atom stereocenters. The zero-order valence-electron chi connectivity index (χ0n) is 10.3.